The van der Waals surface area contributed by atoms with Crippen molar-refractivity contribution >= 4 is 23.1 Å². The van der Waals surface area contributed by atoms with Crippen LogP contribution in [0.1, 0.15) is 34.6 Å². The molecule has 8 heteroatoms. The monoisotopic (exact) mass is 417 g/mol. The van der Waals surface area contributed by atoms with Crippen LogP contribution in [-0.4, -0.2) is 40.0 Å². The van der Waals surface area contributed by atoms with Gasteiger partial charge in [-0.05, 0) is 38.3 Å². The summed E-state index contributed by atoms with van der Waals surface area (Å²) in [5, 5.41) is 2.93. The van der Waals surface area contributed by atoms with Crippen LogP contribution in [0.3, 0.4) is 0 Å². The summed E-state index contributed by atoms with van der Waals surface area (Å²) in [4.78, 5) is 28.5. The molecule has 160 valence electrons. The number of carbonyl (C=O) groups is 1. The second-order valence-electron chi connectivity index (χ2n) is 7.90. The number of amides is 1. The molecule has 5 N–H and O–H groups in total. The van der Waals surface area contributed by atoms with Crippen molar-refractivity contribution in [2.75, 3.05) is 29.0 Å². The number of rotatable bonds is 4. The topological polar surface area (TPSA) is 123 Å². The lowest BCUT2D eigenvalue weighted by Crippen LogP contribution is -2.43. The largest absolute Gasteiger partial charge is 0.382 e. The Hall–Kier alpha value is -3.52. The second kappa shape index (κ2) is 8.69. The van der Waals surface area contributed by atoms with Crippen LogP contribution in [0.4, 0.5) is 17.2 Å². The second-order valence-corrected chi connectivity index (χ2v) is 7.90. The molecule has 1 amide bonds. The van der Waals surface area contributed by atoms with Gasteiger partial charge in [-0.2, -0.15) is 0 Å². The molecule has 1 saturated heterocycles. The number of hydrogen-bond acceptors (Lipinski definition) is 7. The zero-order chi connectivity index (χ0) is 22.0. The van der Waals surface area contributed by atoms with Crippen LogP contribution in [0.25, 0.3) is 11.3 Å². The minimum Gasteiger partial charge on any atom is -0.382 e. The van der Waals surface area contributed by atoms with Gasteiger partial charge in [0.2, 0.25) is 0 Å². The average molecular weight is 418 g/mol. The number of piperidine rings is 1. The molecule has 8 nitrogen and oxygen atoms in total. The fraction of sp³-hybridized carbons (Fsp3) is 0.304. The van der Waals surface area contributed by atoms with Crippen molar-refractivity contribution in [1.82, 2.24) is 15.0 Å². The molecule has 4 rings (SSSR count). The Labute approximate surface area is 181 Å². The summed E-state index contributed by atoms with van der Waals surface area (Å²) >= 11 is 0. The Morgan fingerprint density at radius 1 is 1.19 bits per heavy atom. The molecule has 0 spiro atoms. The van der Waals surface area contributed by atoms with E-state index in [0.717, 1.165) is 42.7 Å². The summed E-state index contributed by atoms with van der Waals surface area (Å²) in [6, 6.07) is 9.85. The van der Waals surface area contributed by atoms with E-state index in [1.165, 1.54) is 0 Å². The van der Waals surface area contributed by atoms with E-state index >= 15 is 0 Å². The Morgan fingerprint density at radius 2 is 2.00 bits per heavy atom. The van der Waals surface area contributed by atoms with Crippen LogP contribution >= 0.6 is 0 Å². The van der Waals surface area contributed by atoms with E-state index in [9.17, 15) is 4.79 Å². The van der Waals surface area contributed by atoms with Crippen molar-refractivity contribution in [3.8, 4) is 11.3 Å². The van der Waals surface area contributed by atoms with E-state index in [4.69, 9.17) is 11.5 Å². The van der Waals surface area contributed by atoms with Crippen molar-refractivity contribution in [3.05, 3.63) is 59.7 Å². The number of hydrogen-bond donors (Lipinski definition) is 3. The summed E-state index contributed by atoms with van der Waals surface area (Å²) in [5.74, 6) is -0.326. The predicted molar refractivity (Wildman–Crippen MR) is 123 cm³/mol. The standard InChI is InChI=1S/C23H27N7O/c1-14-6-3-4-8-17(14)20-15(2)27-22(25)21(29-20)23(31)28-18-12-26-10-9-19(18)30-11-5-7-16(24)13-30/h3-4,6,8-10,12,16H,5,7,11,13,24H2,1-2H3,(H2,25,27)(H,28,31). The normalized spacial score (nSPS) is 16.2. The third-order valence-corrected chi connectivity index (χ3v) is 5.56. The Kier molecular flexibility index (Phi) is 5.81. The van der Waals surface area contributed by atoms with E-state index in [0.29, 0.717) is 17.1 Å². The predicted octanol–water partition coefficient (Wildman–Crippen LogP) is 2.92. The first-order valence-corrected chi connectivity index (χ1v) is 10.4. The highest BCUT2D eigenvalue weighted by atomic mass is 16.1. The van der Waals surface area contributed by atoms with Gasteiger partial charge in [0, 0.05) is 30.9 Å². The maximum Gasteiger partial charge on any atom is 0.278 e. The quantitative estimate of drug-likeness (QED) is 0.596. The molecule has 3 heterocycles. The molecule has 1 atom stereocenters. The van der Waals surface area contributed by atoms with Gasteiger partial charge in [0.1, 0.15) is 0 Å². The molecule has 0 aliphatic carbocycles. The van der Waals surface area contributed by atoms with Crippen molar-refractivity contribution in [2.45, 2.75) is 32.7 Å². The molecular weight excluding hydrogens is 390 g/mol. The summed E-state index contributed by atoms with van der Waals surface area (Å²) in [6.07, 6.45) is 5.35. The van der Waals surface area contributed by atoms with Gasteiger partial charge < -0.3 is 21.7 Å². The number of anilines is 3. The van der Waals surface area contributed by atoms with Crippen LogP contribution < -0.4 is 21.7 Å². The molecule has 0 saturated carbocycles. The van der Waals surface area contributed by atoms with E-state index in [2.05, 4.69) is 25.2 Å². The Morgan fingerprint density at radius 3 is 2.77 bits per heavy atom. The van der Waals surface area contributed by atoms with Crippen molar-refractivity contribution in [2.24, 2.45) is 5.73 Å². The van der Waals surface area contributed by atoms with E-state index in [1.54, 1.807) is 12.4 Å². The van der Waals surface area contributed by atoms with E-state index < -0.39 is 5.91 Å². The molecular formula is C23H27N7O. The van der Waals surface area contributed by atoms with Crippen molar-refractivity contribution in [1.29, 1.82) is 0 Å². The number of nitrogen functional groups attached to an aromatic ring is 1. The number of pyridine rings is 1. The van der Waals surface area contributed by atoms with Crippen LogP contribution in [0.15, 0.2) is 42.7 Å². The maximum atomic E-state index is 13.1. The molecule has 2 aromatic heterocycles. The lowest BCUT2D eigenvalue weighted by molar-refractivity contribution is 0.102. The summed E-state index contributed by atoms with van der Waals surface area (Å²) in [7, 11) is 0. The summed E-state index contributed by atoms with van der Waals surface area (Å²) in [6.45, 7) is 5.45. The van der Waals surface area contributed by atoms with Crippen LogP contribution in [0, 0.1) is 13.8 Å². The highest BCUT2D eigenvalue weighted by Crippen LogP contribution is 2.29. The number of nitrogens with one attached hydrogen (secondary N) is 1. The zero-order valence-electron chi connectivity index (χ0n) is 17.8. The molecule has 3 aromatic rings. The zero-order valence-corrected chi connectivity index (χ0v) is 17.8. The highest BCUT2D eigenvalue weighted by Gasteiger charge is 2.22. The molecule has 1 unspecified atom stereocenters. The smallest absolute Gasteiger partial charge is 0.278 e. The number of carbonyl (C=O) groups excluding carboxylic acids is 1. The number of nitrogens with zero attached hydrogens (tertiary/aromatic N) is 4. The molecule has 1 aliphatic heterocycles. The van der Waals surface area contributed by atoms with Crippen LogP contribution in [0.2, 0.25) is 0 Å². The van der Waals surface area contributed by atoms with Gasteiger partial charge in [-0.1, -0.05) is 24.3 Å². The molecule has 1 aromatic carbocycles. The SMILES string of the molecule is Cc1ccccc1-c1nc(C(=O)Nc2cnccc2N2CCCC(N)C2)c(N)nc1C. The van der Waals surface area contributed by atoms with Gasteiger partial charge in [-0.15, -0.1) is 0 Å². The number of nitrogens with two attached hydrogens (primary N) is 2. The van der Waals surface area contributed by atoms with E-state index in [-0.39, 0.29) is 17.6 Å². The first-order chi connectivity index (χ1) is 14.9. The summed E-state index contributed by atoms with van der Waals surface area (Å²) in [5.41, 5.74) is 17.1. The van der Waals surface area contributed by atoms with Crippen molar-refractivity contribution in [3.63, 3.8) is 0 Å². The van der Waals surface area contributed by atoms with Gasteiger partial charge in [-0.25, -0.2) is 9.97 Å². The molecule has 0 bridgehead atoms. The van der Waals surface area contributed by atoms with E-state index in [1.807, 2.05) is 44.2 Å². The fourth-order valence-electron chi connectivity index (χ4n) is 3.97. The minimum atomic E-state index is -0.421. The third kappa shape index (κ3) is 4.34. The van der Waals surface area contributed by atoms with Crippen LogP contribution in [-0.2, 0) is 0 Å². The summed E-state index contributed by atoms with van der Waals surface area (Å²) < 4.78 is 0. The Bertz CT molecular complexity index is 1110. The lowest BCUT2D eigenvalue weighted by Gasteiger charge is -2.33. The molecule has 1 aliphatic rings. The molecule has 1 fully saturated rings. The number of aryl methyl sites for hydroxylation is 2. The van der Waals surface area contributed by atoms with Gasteiger partial charge in [0.05, 0.1) is 29.0 Å². The highest BCUT2D eigenvalue weighted by molar-refractivity contribution is 6.07. The number of aromatic nitrogens is 3. The molecule has 31 heavy (non-hydrogen) atoms. The Balaban J connectivity index is 1.66. The number of benzene rings is 1. The first kappa shape index (κ1) is 20.7. The third-order valence-electron chi connectivity index (χ3n) is 5.56. The van der Waals surface area contributed by atoms with Gasteiger partial charge in [-0.3, -0.25) is 9.78 Å². The maximum absolute atomic E-state index is 13.1. The van der Waals surface area contributed by atoms with Gasteiger partial charge in [0.15, 0.2) is 11.5 Å². The lowest BCUT2D eigenvalue weighted by atomic mass is 10.0. The van der Waals surface area contributed by atoms with Crippen LogP contribution in [0.5, 0.6) is 0 Å². The average Bonchev–Trinajstić information content (AvgIpc) is 2.75. The first-order valence-electron chi connectivity index (χ1n) is 10.4. The minimum absolute atomic E-state index is 0.0917. The molecule has 0 radical (unpaired) electrons. The fourth-order valence-corrected chi connectivity index (χ4v) is 3.97. The van der Waals surface area contributed by atoms with Crippen molar-refractivity contribution < 1.29 is 4.79 Å². The van der Waals surface area contributed by atoms with Gasteiger partial charge in [0.25, 0.3) is 5.91 Å². The van der Waals surface area contributed by atoms with Gasteiger partial charge >= 0.3 is 0 Å².